The zero-order valence-electron chi connectivity index (χ0n) is 19.2. The van der Waals surface area contributed by atoms with E-state index in [-0.39, 0.29) is 12.0 Å². The number of ether oxygens (including phenoxy) is 3. The van der Waals surface area contributed by atoms with Crippen LogP contribution in [0.15, 0.2) is 33.5 Å². The molecule has 2 aliphatic heterocycles. The van der Waals surface area contributed by atoms with Crippen LogP contribution in [-0.2, 0) is 23.8 Å². The van der Waals surface area contributed by atoms with Crippen LogP contribution in [0.2, 0.25) is 0 Å². The highest BCUT2D eigenvalue weighted by Gasteiger charge is 2.47. The van der Waals surface area contributed by atoms with Gasteiger partial charge in [-0.15, -0.1) is 0 Å². The second-order valence-electron chi connectivity index (χ2n) is 8.39. The molecule has 3 unspecified atom stereocenters. The van der Waals surface area contributed by atoms with E-state index in [0.29, 0.717) is 0 Å². The first-order valence-electron chi connectivity index (χ1n) is 11.0. The number of nitrogens with two attached hydrogens (primary N) is 1. The third-order valence-corrected chi connectivity index (χ3v) is 6.18. The molecule has 15 nitrogen and oxygen atoms in total. The molecule has 3 heterocycles. The number of aliphatic hydroxyl groups is 5. The van der Waals surface area contributed by atoms with Crippen LogP contribution in [0.3, 0.4) is 0 Å². The predicted octanol–water partition coefficient (Wildman–Crippen LogP) is -4.93. The van der Waals surface area contributed by atoms with Gasteiger partial charge in [0.15, 0.2) is 17.8 Å². The number of carbonyl (C=O) groups excluding carboxylic acids is 2. The minimum atomic E-state index is -1.32. The number of allylic oxidation sites excluding steroid dienone is 1. The largest absolute Gasteiger partial charge is 0.394 e. The Balaban J connectivity index is 0.000000201. The molecule has 15 heteroatoms. The lowest BCUT2D eigenvalue weighted by molar-refractivity contribution is -0.128. The standard InChI is InChI=1S/C11H15NO6.C10H14N2O6/c12-7-5(14)2-1-4(8(7)15)11-10(17)9(16)6(3-13)18-11;1-17-8-7(15)5(4-13)18-9(8)12-3-2-6(14)11-10(12)16/h1,6-7,9-11,13,16-17H,2-3,12H2;2-3,5,7-9,13,15H,4H2,1H3,(H,11,14,16)/t6-,7?,9+,10?,11+;5-,7+,8?,9-/m11/s1. The highest BCUT2D eigenvalue weighted by Crippen LogP contribution is 2.30. The summed E-state index contributed by atoms with van der Waals surface area (Å²) in [5.41, 5.74) is 4.33. The fraction of sp³-hybridized carbons (Fsp3) is 0.619. The second-order valence-corrected chi connectivity index (χ2v) is 8.39. The highest BCUT2D eigenvalue weighted by atomic mass is 16.6. The number of nitrogens with zero attached hydrogens (tertiary/aromatic N) is 1. The van der Waals surface area contributed by atoms with Gasteiger partial charge in [-0.2, -0.15) is 0 Å². The Morgan fingerprint density at radius 2 is 1.69 bits per heavy atom. The Kier molecular flexibility index (Phi) is 9.04. The number of hydrogen-bond acceptors (Lipinski definition) is 13. The van der Waals surface area contributed by atoms with Gasteiger partial charge >= 0.3 is 5.69 Å². The Labute approximate surface area is 203 Å². The van der Waals surface area contributed by atoms with Gasteiger partial charge in [0.05, 0.1) is 13.2 Å². The van der Waals surface area contributed by atoms with Crippen molar-refractivity contribution in [3.8, 4) is 0 Å². The summed E-state index contributed by atoms with van der Waals surface area (Å²) in [6.45, 7) is -0.864. The Morgan fingerprint density at radius 1 is 1.06 bits per heavy atom. The summed E-state index contributed by atoms with van der Waals surface area (Å²) in [6.07, 6.45) is -5.58. The van der Waals surface area contributed by atoms with E-state index in [0.717, 1.165) is 10.6 Å². The topological polar surface area (TPSA) is 244 Å². The van der Waals surface area contributed by atoms with Crippen LogP contribution < -0.4 is 17.0 Å². The molecule has 2 fully saturated rings. The van der Waals surface area contributed by atoms with E-state index >= 15 is 0 Å². The molecule has 1 aliphatic carbocycles. The fourth-order valence-electron chi connectivity index (χ4n) is 4.15. The number of hydrogen-bond donors (Lipinski definition) is 7. The van der Waals surface area contributed by atoms with E-state index in [1.807, 2.05) is 0 Å². The van der Waals surface area contributed by atoms with E-state index < -0.39 is 91.0 Å². The van der Waals surface area contributed by atoms with Crippen LogP contribution >= 0.6 is 0 Å². The van der Waals surface area contributed by atoms with Gasteiger partial charge in [0.1, 0.15) is 48.8 Å². The molecule has 0 radical (unpaired) electrons. The van der Waals surface area contributed by atoms with E-state index in [1.54, 1.807) is 0 Å². The van der Waals surface area contributed by atoms with Crippen molar-refractivity contribution in [2.45, 2.75) is 61.4 Å². The first-order chi connectivity index (χ1) is 17.0. The number of aromatic nitrogens is 2. The van der Waals surface area contributed by atoms with Crippen molar-refractivity contribution in [2.24, 2.45) is 5.73 Å². The molecule has 8 N–H and O–H groups in total. The number of ketones is 2. The Bertz CT molecular complexity index is 1100. The van der Waals surface area contributed by atoms with Gasteiger partial charge in [-0.05, 0) is 0 Å². The van der Waals surface area contributed by atoms with Gasteiger partial charge in [-0.3, -0.25) is 23.9 Å². The summed E-state index contributed by atoms with van der Waals surface area (Å²) in [6, 6.07) is -0.0815. The number of aliphatic hydroxyl groups excluding tert-OH is 5. The van der Waals surface area contributed by atoms with Crippen molar-refractivity contribution >= 4 is 11.6 Å². The van der Waals surface area contributed by atoms with Crippen molar-refractivity contribution in [2.75, 3.05) is 20.3 Å². The normalized spacial score (nSPS) is 36.4. The molecule has 2 saturated heterocycles. The van der Waals surface area contributed by atoms with Gasteiger partial charge in [-0.1, -0.05) is 6.08 Å². The lowest BCUT2D eigenvalue weighted by atomic mass is 9.87. The van der Waals surface area contributed by atoms with Crippen LogP contribution in [-0.4, -0.2) is 116 Å². The summed E-state index contributed by atoms with van der Waals surface area (Å²) < 4.78 is 16.7. The summed E-state index contributed by atoms with van der Waals surface area (Å²) in [5.74, 6) is -1.00. The molecule has 4 rings (SSSR count). The van der Waals surface area contributed by atoms with Gasteiger partial charge in [0, 0.05) is 31.4 Å². The lowest BCUT2D eigenvalue weighted by Crippen LogP contribution is -2.46. The monoisotopic (exact) mass is 515 g/mol. The van der Waals surface area contributed by atoms with Gasteiger partial charge in [0.25, 0.3) is 5.56 Å². The molecule has 0 aromatic carbocycles. The third kappa shape index (κ3) is 5.39. The number of methoxy groups -OCH3 is 1. The number of rotatable bonds is 5. The van der Waals surface area contributed by atoms with Crippen LogP contribution in [0.5, 0.6) is 0 Å². The van der Waals surface area contributed by atoms with E-state index in [2.05, 4.69) is 4.98 Å². The summed E-state index contributed by atoms with van der Waals surface area (Å²) in [4.78, 5) is 47.7. The van der Waals surface area contributed by atoms with Gasteiger partial charge < -0.3 is 45.5 Å². The van der Waals surface area contributed by atoms with Crippen LogP contribution in [0.25, 0.3) is 0 Å². The van der Waals surface area contributed by atoms with Crippen molar-refractivity contribution in [1.82, 2.24) is 9.55 Å². The third-order valence-electron chi connectivity index (χ3n) is 6.18. The molecular weight excluding hydrogens is 486 g/mol. The maximum absolute atomic E-state index is 11.8. The predicted molar refractivity (Wildman–Crippen MR) is 118 cm³/mol. The molecule has 0 spiro atoms. The molecule has 1 aromatic rings. The van der Waals surface area contributed by atoms with Crippen LogP contribution in [0, 0.1) is 0 Å². The molecule has 9 atom stereocenters. The van der Waals surface area contributed by atoms with E-state index in [9.17, 15) is 34.5 Å². The van der Waals surface area contributed by atoms with Crippen molar-refractivity contribution in [3.05, 3.63) is 44.8 Å². The van der Waals surface area contributed by atoms with Crippen molar-refractivity contribution in [1.29, 1.82) is 0 Å². The Hall–Kier alpha value is -2.60. The average Bonchev–Trinajstić information content (AvgIpc) is 3.33. The van der Waals surface area contributed by atoms with Crippen LogP contribution in [0.4, 0.5) is 0 Å². The first-order valence-corrected chi connectivity index (χ1v) is 11.0. The molecule has 0 bridgehead atoms. The highest BCUT2D eigenvalue weighted by molar-refractivity contribution is 6.17. The molecule has 3 aliphatic rings. The molecular formula is C21H29N3O12. The molecule has 1 aromatic heterocycles. The molecule has 0 saturated carbocycles. The number of aromatic amines is 1. The maximum Gasteiger partial charge on any atom is 0.330 e. The summed E-state index contributed by atoms with van der Waals surface area (Å²) in [5, 5.41) is 47.2. The van der Waals surface area contributed by atoms with Crippen LogP contribution in [0.1, 0.15) is 12.6 Å². The molecule has 0 amide bonds. The summed E-state index contributed by atoms with van der Waals surface area (Å²) in [7, 11) is 1.36. The lowest BCUT2D eigenvalue weighted by Gasteiger charge is -2.23. The average molecular weight is 515 g/mol. The van der Waals surface area contributed by atoms with Crippen molar-refractivity contribution < 1.29 is 49.3 Å². The maximum atomic E-state index is 11.8. The van der Waals surface area contributed by atoms with E-state index in [1.165, 1.54) is 19.4 Å². The smallest absolute Gasteiger partial charge is 0.330 e. The zero-order chi connectivity index (χ0) is 26.7. The number of H-pyrrole nitrogens is 1. The Morgan fingerprint density at radius 3 is 2.25 bits per heavy atom. The quantitative estimate of drug-likeness (QED) is 0.182. The van der Waals surface area contributed by atoms with Gasteiger partial charge in [0.2, 0.25) is 0 Å². The minimum Gasteiger partial charge on any atom is -0.394 e. The summed E-state index contributed by atoms with van der Waals surface area (Å²) >= 11 is 0. The molecule has 36 heavy (non-hydrogen) atoms. The minimum absolute atomic E-state index is 0.00525. The zero-order valence-corrected chi connectivity index (χ0v) is 19.2. The molecule has 200 valence electrons. The number of nitrogens with one attached hydrogen (secondary N) is 1. The number of carbonyl (C=O) groups is 2. The van der Waals surface area contributed by atoms with Crippen molar-refractivity contribution in [3.63, 3.8) is 0 Å². The fourth-order valence-corrected chi connectivity index (χ4v) is 4.15. The second kappa shape index (κ2) is 11.6. The number of Topliss-reactive ketones (excluding diaryl/α,β-unsaturated/α-hetero) is 2. The first kappa shape index (κ1) is 28.0. The SMILES string of the molecule is COC1[C@@H](O)[C@@H](CO)O[C@H]1n1ccc(=O)[nH]c1=O.NC1C(=O)CC=C([C@@H]2O[C@H](CO)[C@H](O)C2O)C1=O. The van der Waals surface area contributed by atoms with E-state index in [4.69, 9.17) is 30.2 Å². The van der Waals surface area contributed by atoms with Gasteiger partial charge in [-0.25, -0.2) is 4.79 Å².